The van der Waals surface area contributed by atoms with Crippen LogP contribution in [0.4, 0.5) is 0 Å². The van der Waals surface area contributed by atoms with Crippen molar-refractivity contribution in [2.45, 2.75) is 130 Å². The molecule has 0 heterocycles. The first-order valence-corrected chi connectivity index (χ1v) is 14.1. The van der Waals surface area contributed by atoms with Crippen molar-refractivity contribution in [1.29, 1.82) is 0 Å². The van der Waals surface area contributed by atoms with Gasteiger partial charge in [0.05, 0.1) is 23.9 Å². The van der Waals surface area contributed by atoms with Crippen LogP contribution >= 0.6 is 0 Å². The molecule has 6 nitrogen and oxygen atoms in total. The minimum absolute atomic E-state index is 0.0123. The van der Waals surface area contributed by atoms with Crippen molar-refractivity contribution < 1.29 is 30.6 Å². The van der Waals surface area contributed by atoms with Crippen LogP contribution in [0.15, 0.2) is 12.2 Å². The van der Waals surface area contributed by atoms with Crippen LogP contribution in [-0.4, -0.2) is 55.2 Å². The molecule has 0 amide bonds. The van der Waals surface area contributed by atoms with Crippen LogP contribution in [0.25, 0.3) is 0 Å². The van der Waals surface area contributed by atoms with Gasteiger partial charge in [-0.1, -0.05) is 46.8 Å². The van der Waals surface area contributed by atoms with Crippen LogP contribution in [0.1, 0.15) is 100 Å². The molecule has 0 saturated heterocycles. The summed E-state index contributed by atoms with van der Waals surface area (Å²) in [7, 11) is 0. The van der Waals surface area contributed by atoms with Gasteiger partial charge in [-0.25, -0.2) is 4.89 Å². The highest BCUT2D eigenvalue weighted by molar-refractivity contribution is 5.21. The minimum atomic E-state index is -1.01. The van der Waals surface area contributed by atoms with Gasteiger partial charge in [-0.3, -0.25) is 5.26 Å². The molecular formula is C30H52O6. The lowest BCUT2D eigenvalue weighted by Gasteiger charge is -2.71. The Kier molecular flexibility index (Phi) is 6.93. The molecule has 5 N–H and O–H groups in total. The largest absolute Gasteiger partial charge is 0.393 e. The van der Waals surface area contributed by atoms with Crippen LogP contribution in [0.2, 0.25) is 0 Å². The molecule has 4 aliphatic carbocycles. The Morgan fingerprint density at radius 1 is 0.917 bits per heavy atom. The standard InChI is InChI=1S/C30H52O6/c1-25(2,36-35)12-9-13-30(8,34)18-10-15-28(6)23(18)19(31)16-21-27(5)14-11-22(33)26(3,4)24(27)20(32)17-29(21,28)7/h9,12,18-24,31-35H,10-11,13-17H2,1-8H3/b12-9+/t18-,19+,20-,21+,22-,23-,24-,27+,28+,29+,30-/m0/s1. The normalized spacial score (nSPS) is 50.3. The van der Waals surface area contributed by atoms with Crippen molar-refractivity contribution in [3.05, 3.63) is 12.2 Å². The van der Waals surface area contributed by atoms with E-state index in [9.17, 15) is 20.4 Å². The van der Waals surface area contributed by atoms with E-state index in [1.165, 1.54) is 0 Å². The second-order valence-corrected chi connectivity index (χ2v) is 15.2. The third-order valence-corrected chi connectivity index (χ3v) is 12.3. The van der Waals surface area contributed by atoms with Crippen molar-refractivity contribution in [2.24, 2.45) is 45.3 Å². The summed E-state index contributed by atoms with van der Waals surface area (Å²) >= 11 is 0. The van der Waals surface area contributed by atoms with E-state index >= 15 is 0 Å². The Balaban J connectivity index is 1.67. The maximum absolute atomic E-state index is 11.8. The summed E-state index contributed by atoms with van der Waals surface area (Å²) in [6.07, 6.45) is 7.30. The lowest BCUT2D eigenvalue weighted by Crippen LogP contribution is -2.69. The number of fused-ring (bicyclic) bond motifs is 5. The molecule has 0 aromatic carbocycles. The fourth-order valence-electron chi connectivity index (χ4n) is 10.4. The van der Waals surface area contributed by atoms with Gasteiger partial charge in [0.2, 0.25) is 0 Å². The van der Waals surface area contributed by atoms with Crippen LogP contribution in [0, 0.1) is 45.3 Å². The van der Waals surface area contributed by atoms with Crippen molar-refractivity contribution in [2.75, 3.05) is 0 Å². The molecule has 4 fully saturated rings. The van der Waals surface area contributed by atoms with Crippen LogP contribution in [0.3, 0.4) is 0 Å². The zero-order valence-corrected chi connectivity index (χ0v) is 23.8. The predicted octanol–water partition coefficient (Wildman–Crippen LogP) is 4.94. The maximum Gasteiger partial charge on any atom is 0.116 e. The van der Waals surface area contributed by atoms with Crippen LogP contribution in [-0.2, 0) is 4.89 Å². The summed E-state index contributed by atoms with van der Waals surface area (Å²) < 4.78 is 0. The third kappa shape index (κ3) is 3.96. The SMILES string of the molecule is CC(C)(/C=C/C[C@](C)(O)[C@H]1CC[C@]2(C)[C@@H]1[C@H](O)C[C@@H]1[C@@]3(C)CC[C@H](O)C(C)(C)[C@@H]3[C@@H](O)C[C@]12C)OO. The fourth-order valence-corrected chi connectivity index (χ4v) is 10.4. The molecule has 6 heteroatoms. The van der Waals surface area contributed by atoms with E-state index in [1.807, 2.05) is 13.0 Å². The molecule has 0 unspecified atom stereocenters. The minimum Gasteiger partial charge on any atom is -0.393 e. The first-order valence-electron chi connectivity index (χ1n) is 14.1. The quantitative estimate of drug-likeness (QED) is 0.204. The molecule has 11 atom stereocenters. The number of hydrogen-bond acceptors (Lipinski definition) is 6. The number of aliphatic hydroxyl groups is 4. The first kappa shape index (κ1) is 28.5. The van der Waals surface area contributed by atoms with Gasteiger partial charge in [-0.2, -0.15) is 0 Å². The smallest absolute Gasteiger partial charge is 0.116 e. The lowest BCUT2D eigenvalue weighted by atomic mass is 9.34. The number of rotatable bonds is 5. The zero-order valence-electron chi connectivity index (χ0n) is 23.8. The van der Waals surface area contributed by atoms with Gasteiger partial charge in [0.15, 0.2) is 0 Å². The third-order valence-electron chi connectivity index (χ3n) is 12.3. The van der Waals surface area contributed by atoms with E-state index in [4.69, 9.17) is 5.26 Å². The van der Waals surface area contributed by atoms with E-state index in [0.717, 1.165) is 25.7 Å². The molecular weight excluding hydrogens is 456 g/mol. The first-order chi connectivity index (χ1) is 16.4. The fraction of sp³-hybridized carbons (Fsp3) is 0.933. The average molecular weight is 509 g/mol. The van der Waals surface area contributed by atoms with Crippen LogP contribution in [0.5, 0.6) is 0 Å². The highest BCUT2D eigenvalue weighted by Crippen LogP contribution is 2.75. The maximum atomic E-state index is 11.8. The van der Waals surface area contributed by atoms with Crippen molar-refractivity contribution in [1.82, 2.24) is 0 Å². The molecule has 0 spiro atoms. The van der Waals surface area contributed by atoms with E-state index in [1.54, 1.807) is 19.9 Å². The predicted molar refractivity (Wildman–Crippen MR) is 140 cm³/mol. The van der Waals surface area contributed by atoms with Crippen molar-refractivity contribution in [3.8, 4) is 0 Å². The van der Waals surface area contributed by atoms with Gasteiger partial charge >= 0.3 is 0 Å². The summed E-state index contributed by atoms with van der Waals surface area (Å²) in [6, 6.07) is 0. The average Bonchev–Trinajstić information content (AvgIpc) is 3.13. The topological polar surface area (TPSA) is 110 Å². The molecule has 4 rings (SSSR count). The van der Waals surface area contributed by atoms with E-state index in [-0.39, 0.29) is 45.3 Å². The number of aliphatic hydroxyl groups excluding tert-OH is 3. The van der Waals surface area contributed by atoms with Gasteiger partial charge in [0.1, 0.15) is 5.60 Å². The van der Waals surface area contributed by atoms with Crippen molar-refractivity contribution >= 4 is 0 Å². The summed E-state index contributed by atoms with van der Waals surface area (Å²) in [5, 5.41) is 55.1. The Bertz CT molecular complexity index is 866. The van der Waals surface area contributed by atoms with E-state index in [2.05, 4.69) is 39.5 Å². The highest BCUT2D eigenvalue weighted by Gasteiger charge is 2.72. The molecule has 0 aromatic heterocycles. The second kappa shape index (κ2) is 8.76. The molecule has 4 saturated carbocycles. The molecule has 208 valence electrons. The van der Waals surface area contributed by atoms with E-state index in [0.29, 0.717) is 19.3 Å². The summed E-state index contributed by atoms with van der Waals surface area (Å²) in [5.74, 6) is 0.110. The molecule has 0 bridgehead atoms. The Morgan fingerprint density at radius 2 is 1.56 bits per heavy atom. The molecule has 0 aliphatic heterocycles. The summed E-state index contributed by atoms with van der Waals surface area (Å²) in [5.41, 5.74) is -2.76. The van der Waals surface area contributed by atoms with Gasteiger partial charge in [0.25, 0.3) is 0 Å². The Labute approximate surface area is 218 Å². The summed E-state index contributed by atoms with van der Waals surface area (Å²) in [6.45, 7) is 16.6. The second-order valence-electron chi connectivity index (χ2n) is 15.2. The van der Waals surface area contributed by atoms with Gasteiger partial charge in [0, 0.05) is 0 Å². The monoisotopic (exact) mass is 508 g/mol. The van der Waals surface area contributed by atoms with E-state index < -0.39 is 29.5 Å². The van der Waals surface area contributed by atoms with Crippen LogP contribution < -0.4 is 0 Å². The molecule has 0 aromatic rings. The lowest BCUT2D eigenvalue weighted by molar-refractivity contribution is -0.297. The highest BCUT2D eigenvalue weighted by atomic mass is 17.1. The number of hydrogen-bond donors (Lipinski definition) is 5. The molecule has 36 heavy (non-hydrogen) atoms. The summed E-state index contributed by atoms with van der Waals surface area (Å²) in [4.78, 5) is 4.51. The Hall–Kier alpha value is -0.500. The molecule has 4 aliphatic rings. The van der Waals surface area contributed by atoms with Gasteiger partial charge in [-0.05, 0) is 111 Å². The van der Waals surface area contributed by atoms with Crippen molar-refractivity contribution in [3.63, 3.8) is 0 Å². The van der Waals surface area contributed by atoms with Gasteiger partial charge in [-0.15, -0.1) is 0 Å². The zero-order chi connectivity index (χ0) is 27.1. The van der Waals surface area contributed by atoms with Gasteiger partial charge < -0.3 is 20.4 Å². The Morgan fingerprint density at radius 3 is 2.17 bits per heavy atom. The molecule has 0 radical (unpaired) electrons.